The van der Waals surface area contributed by atoms with Crippen molar-refractivity contribution in [2.75, 3.05) is 77.2 Å². The lowest BCUT2D eigenvalue weighted by Crippen LogP contribution is -2.37. The molecule has 4 nitrogen and oxygen atoms in total. The molecule has 0 radical (unpaired) electrons. The highest BCUT2D eigenvalue weighted by Gasteiger charge is 2.10. The van der Waals surface area contributed by atoms with Crippen LogP contribution in [0.1, 0.15) is 0 Å². The van der Waals surface area contributed by atoms with Crippen LogP contribution in [0.5, 0.6) is 0 Å². The first-order valence-corrected chi connectivity index (χ1v) is 9.28. The van der Waals surface area contributed by atoms with Gasteiger partial charge >= 0.3 is 0 Å². The lowest BCUT2D eigenvalue weighted by atomic mass is 10.4. The van der Waals surface area contributed by atoms with Crippen molar-refractivity contribution in [2.45, 2.75) is 0 Å². The van der Waals surface area contributed by atoms with Crippen molar-refractivity contribution in [3.05, 3.63) is 0 Å². The standard InChI is InChI=1S/C12H24N2O2S2.ClH/c1-7-15-8-2-13(1)5-11-17-18-12-6-14-3-9-16-10-4-14;/h1-12H2;1H. The summed E-state index contributed by atoms with van der Waals surface area (Å²) < 4.78 is 10.7. The van der Waals surface area contributed by atoms with Crippen molar-refractivity contribution in [3.8, 4) is 0 Å². The fourth-order valence-electron chi connectivity index (χ4n) is 2.10. The van der Waals surface area contributed by atoms with Gasteiger partial charge in [0.15, 0.2) is 0 Å². The van der Waals surface area contributed by atoms with Crippen LogP contribution in [-0.4, -0.2) is 87.0 Å². The molecule has 0 aromatic heterocycles. The van der Waals surface area contributed by atoms with Crippen LogP contribution in [0.3, 0.4) is 0 Å². The summed E-state index contributed by atoms with van der Waals surface area (Å²) in [6.45, 7) is 10.5. The highest BCUT2D eigenvalue weighted by Crippen LogP contribution is 2.21. The molecule has 7 heteroatoms. The number of rotatable bonds is 7. The van der Waals surface area contributed by atoms with Gasteiger partial charge in [0, 0.05) is 50.8 Å². The van der Waals surface area contributed by atoms with E-state index in [1.54, 1.807) is 0 Å². The van der Waals surface area contributed by atoms with Gasteiger partial charge in [-0.15, -0.1) is 12.4 Å². The molecule has 0 spiro atoms. The van der Waals surface area contributed by atoms with Crippen LogP contribution in [0, 0.1) is 0 Å². The second-order valence-corrected chi connectivity index (χ2v) is 7.25. The van der Waals surface area contributed by atoms with Crippen molar-refractivity contribution in [1.29, 1.82) is 0 Å². The summed E-state index contributed by atoms with van der Waals surface area (Å²) in [7, 11) is 4.02. The molecular formula is C12H25ClN2O2S2. The summed E-state index contributed by atoms with van der Waals surface area (Å²) >= 11 is 0. The van der Waals surface area contributed by atoms with Crippen molar-refractivity contribution < 1.29 is 9.47 Å². The van der Waals surface area contributed by atoms with E-state index in [4.69, 9.17) is 9.47 Å². The van der Waals surface area contributed by atoms with Crippen LogP contribution < -0.4 is 0 Å². The minimum absolute atomic E-state index is 0. The second-order valence-electron chi connectivity index (χ2n) is 4.55. The van der Waals surface area contributed by atoms with Gasteiger partial charge in [-0.3, -0.25) is 9.80 Å². The van der Waals surface area contributed by atoms with Gasteiger partial charge < -0.3 is 9.47 Å². The van der Waals surface area contributed by atoms with E-state index in [0.29, 0.717) is 0 Å². The lowest BCUT2D eigenvalue weighted by molar-refractivity contribution is 0.0409. The molecule has 2 heterocycles. The zero-order valence-corrected chi connectivity index (χ0v) is 13.9. The quantitative estimate of drug-likeness (QED) is 0.518. The van der Waals surface area contributed by atoms with Gasteiger partial charge in [-0.25, -0.2) is 0 Å². The van der Waals surface area contributed by atoms with Gasteiger partial charge in [0.25, 0.3) is 0 Å². The summed E-state index contributed by atoms with van der Waals surface area (Å²) in [6, 6.07) is 0. The molecule has 2 aliphatic rings. The lowest BCUT2D eigenvalue weighted by Gasteiger charge is -2.27. The molecule has 0 bridgehead atoms. The smallest absolute Gasteiger partial charge is 0.0594 e. The van der Waals surface area contributed by atoms with E-state index >= 15 is 0 Å². The average molecular weight is 329 g/mol. The molecule has 2 fully saturated rings. The number of ether oxygens (including phenoxy) is 2. The summed E-state index contributed by atoms with van der Waals surface area (Å²) in [4.78, 5) is 5.00. The Morgan fingerprint density at radius 3 is 1.42 bits per heavy atom. The normalized spacial score (nSPS) is 22.1. The maximum absolute atomic E-state index is 5.34. The van der Waals surface area contributed by atoms with E-state index in [-0.39, 0.29) is 12.4 Å². The number of hydrogen-bond donors (Lipinski definition) is 0. The zero-order valence-electron chi connectivity index (χ0n) is 11.4. The van der Waals surface area contributed by atoms with Crippen molar-refractivity contribution in [3.63, 3.8) is 0 Å². The van der Waals surface area contributed by atoms with Gasteiger partial charge in [-0.1, -0.05) is 21.6 Å². The molecule has 0 aliphatic carbocycles. The molecule has 0 amide bonds. The largest absolute Gasteiger partial charge is 0.379 e. The Morgan fingerprint density at radius 1 is 0.684 bits per heavy atom. The Kier molecular flexibility index (Phi) is 10.8. The minimum atomic E-state index is 0. The van der Waals surface area contributed by atoms with Gasteiger partial charge in [0.2, 0.25) is 0 Å². The molecule has 0 aromatic carbocycles. The summed E-state index contributed by atoms with van der Waals surface area (Å²) in [5.74, 6) is 2.46. The third kappa shape index (κ3) is 7.99. The Morgan fingerprint density at radius 2 is 1.05 bits per heavy atom. The van der Waals surface area contributed by atoms with E-state index in [1.807, 2.05) is 21.6 Å². The van der Waals surface area contributed by atoms with Crippen LogP contribution in [0.4, 0.5) is 0 Å². The van der Waals surface area contributed by atoms with Crippen LogP contribution in [0.15, 0.2) is 0 Å². The van der Waals surface area contributed by atoms with E-state index in [9.17, 15) is 0 Å². The summed E-state index contributed by atoms with van der Waals surface area (Å²) in [5, 5.41) is 0. The number of hydrogen-bond acceptors (Lipinski definition) is 6. The van der Waals surface area contributed by atoms with Gasteiger partial charge in [0.05, 0.1) is 26.4 Å². The molecular weight excluding hydrogens is 304 g/mol. The van der Waals surface area contributed by atoms with E-state index in [2.05, 4.69) is 9.80 Å². The molecule has 0 N–H and O–H groups in total. The SMILES string of the molecule is C1CN(CCSSCCN2CCOCC2)CCO1.Cl. The Balaban J connectivity index is 0.00000180. The fraction of sp³-hybridized carbons (Fsp3) is 1.00. The first-order chi connectivity index (χ1) is 8.95. The second kappa shape index (κ2) is 11.5. The van der Waals surface area contributed by atoms with Gasteiger partial charge in [-0.05, 0) is 0 Å². The van der Waals surface area contributed by atoms with Crippen molar-refractivity contribution in [2.24, 2.45) is 0 Å². The number of halogens is 1. The predicted molar refractivity (Wildman–Crippen MR) is 86.7 cm³/mol. The molecule has 0 unspecified atom stereocenters. The molecule has 2 rings (SSSR count). The third-order valence-electron chi connectivity index (χ3n) is 3.27. The zero-order chi connectivity index (χ0) is 12.5. The molecule has 0 saturated carbocycles. The average Bonchev–Trinajstić information content (AvgIpc) is 2.45. The van der Waals surface area contributed by atoms with Crippen LogP contribution in [0.25, 0.3) is 0 Å². The van der Waals surface area contributed by atoms with Crippen LogP contribution in [0.2, 0.25) is 0 Å². The molecule has 114 valence electrons. The monoisotopic (exact) mass is 328 g/mol. The fourth-order valence-corrected chi connectivity index (χ4v) is 4.16. The van der Waals surface area contributed by atoms with Crippen molar-refractivity contribution in [1.82, 2.24) is 9.80 Å². The van der Waals surface area contributed by atoms with Gasteiger partial charge in [-0.2, -0.15) is 0 Å². The highest BCUT2D eigenvalue weighted by molar-refractivity contribution is 8.76. The topological polar surface area (TPSA) is 24.9 Å². The molecule has 0 atom stereocenters. The van der Waals surface area contributed by atoms with Gasteiger partial charge in [0.1, 0.15) is 0 Å². The molecule has 0 aromatic rings. The number of morpholine rings is 2. The summed E-state index contributed by atoms with van der Waals surface area (Å²) in [6.07, 6.45) is 0. The maximum atomic E-state index is 5.34. The van der Waals surface area contributed by atoms with Crippen LogP contribution in [-0.2, 0) is 9.47 Å². The Labute approximate surface area is 130 Å². The first kappa shape index (κ1) is 17.9. The molecule has 2 saturated heterocycles. The maximum Gasteiger partial charge on any atom is 0.0594 e. The third-order valence-corrected chi connectivity index (χ3v) is 5.64. The Bertz CT molecular complexity index is 194. The Hall–Kier alpha value is 0.830. The van der Waals surface area contributed by atoms with E-state index in [0.717, 1.165) is 52.6 Å². The number of nitrogens with zero attached hydrogens (tertiary/aromatic N) is 2. The van der Waals surface area contributed by atoms with Crippen LogP contribution >= 0.6 is 34.0 Å². The first-order valence-electron chi connectivity index (χ1n) is 6.80. The highest BCUT2D eigenvalue weighted by atomic mass is 35.5. The summed E-state index contributed by atoms with van der Waals surface area (Å²) in [5.41, 5.74) is 0. The predicted octanol–water partition coefficient (Wildman–Crippen LogP) is 1.45. The van der Waals surface area contributed by atoms with E-state index in [1.165, 1.54) is 24.6 Å². The molecule has 2 aliphatic heterocycles. The van der Waals surface area contributed by atoms with Crippen molar-refractivity contribution >= 4 is 34.0 Å². The molecule has 19 heavy (non-hydrogen) atoms. The minimum Gasteiger partial charge on any atom is -0.379 e. The van der Waals surface area contributed by atoms with E-state index < -0.39 is 0 Å².